The van der Waals surface area contributed by atoms with Crippen LogP contribution in [0.3, 0.4) is 0 Å². The van der Waals surface area contributed by atoms with Gasteiger partial charge in [-0.25, -0.2) is 0 Å². The van der Waals surface area contributed by atoms with Crippen LogP contribution in [-0.2, 0) is 17.3 Å². The number of hydrogen-bond acceptors (Lipinski definition) is 5. The predicted molar refractivity (Wildman–Crippen MR) is 164 cm³/mol. The van der Waals surface area contributed by atoms with E-state index in [2.05, 4.69) is 53.9 Å². The molecule has 38 heavy (non-hydrogen) atoms. The Morgan fingerprint density at radius 2 is 1.24 bits per heavy atom. The molecule has 0 saturated carbocycles. The zero-order valence-electron chi connectivity index (χ0n) is 25.5. The van der Waals surface area contributed by atoms with E-state index in [0.29, 0.717) is 11.5 Å². The van der Waals surface area contributed by atoms with Crippen LogP contribution >= 0.6 is 0 Å². The zero-order valence-corrected chi connectivity index (χ0v) is 27.5. The van der Waals surface area contributed by atoms with E-state index in [1.165, 1.54) is 17.2 Å². The van der Waals surface area contributed by atoms with Crippen LogP contribution in [0.15, 0.2) is 36.4 Å². The quantitative estimate of drug-likeness (QED) is 0.214. The fourth-order valence-corrected chi connectivity index (χ4v) is 12.0. The Kier molecular flexibility index (Phi) is 11.0. The Balaban J connectivity index is 2.03. The molecule has 2 N–H and O–H groups in total. The third-order valence-corrected chi connectivity index (χ3v) is 19.0. The molecule has 214 valence electrons. The number of phenols is 2. The van der Waals surface area contributed by atoms with Gasteiger partial charge in [-0.2, -0.15) is 0 Å². The van der Waals surface area contributed by atoms with Crippen LogP contribution in [0.25, 0.3) is 0 Å². The molecule has 7 heteroatoms. The summed E-state index contributed by atoms with van der Waals surface area (Å²) in [5.41, 5.74) is 2.39. The monoisotopic (exact) mass is 560 g/mol. The van der Waals surface area contributed by atoms with E-state index in [1.807, 2.05) is 24.3 Å². The summed E-state index contributed by atoms with van der Waals surface area (Å²) < 4.78 is 17.8. The summed E-state index contributed by atoms with van der Waals surface area (Å²) in [6.07, 6.45) is 6.33. The minimum absolute atomic E-state index is 0.129. The van der Waals surface area contributed by atoms with Crippen molar-refractivity contribution in [3.63, 3.8) is 0 Å². The molecule has 0 aliphatic rings. The molecule has 2 rings (SSSR count). The van der Waals surface area contributed by atoms with Gasteiger partial charge in [0.2, 0.25) is 0 Å². The lowest BCUT2D eigenvalue weighted by atomic mass is 9.97. The minimum atomic E-state index is -2.06. The Hall–Kier alpha value is -1.97. The van der Waals surface area contributed by atoms with E-state index in [9.17, 15) is 10.2 Å². The molecule has 0 saturated heterocycles. The van der Waals surface area contributed by atoms with Crippen molar-refractivity contribution < 1.29 is 24.1 Å². The molecule has 1 atom stereocenters. The zero-order chi connectivity index (χ0) is 28.8. The van der Waals surface area contributed by atoms with E-state index in [-0.39, 0.29) is 21.8 Å². The summed E-state index contributed by atoms with van der Waals surface area (Å²) in [5.74, 6) is 1.46. The standard InChI is InChI=1S/C31H52O5Si2/c1-11-31(4,20-12-14-24-16-18-26(32)28(22-24)34-5)38(9,10)36-30(2,3)37(7,8)21-13-15-25-17-19-27(33)29(23-25)35-6/h16-19,22-23,32-33H,11-15,20-21H2,1-10H3. The van der Waals surface area contributed by atoms with Gasteiger partial charge in [-0.05, 0) is 93.1 Å². The number of hydrogen-bond donors (Lipinski definition) is 2. The number of ether oxygens (including phenoxy) is 2. The first kappa shape index (κ1) is 32.2. The highest BCUT2D eigenvalue weighted by molar-refractivity contribution is 6.82. The van der Waals surface area contributed by atoms with Crippen molar-refractivity contribution in [2.45, 2.75) is 109 Å². The number of methoxy groups -OCH3 is 2. The molecule has 2 aromatic carbocycles. The second-order valence-corrected chi connectivity index (χ2v) is 22.5. The Labute approximate surface area is 233 Å². The van der Waals surface area contributed by atoms with Gasteiger partial charge in [-0.1, -0.05) is 58.0 Å². The highest BCUT2D eigenvalue weighted by Crippen LogP contribution is 2.49. The van der Waals surface area contributed by atoms with E-state index >= 15 is 0 Å². The van der Waals surface area contributed by atoms with Gasteiger partial charge in [-0.15, -0.1) is 0 Å². The first-order chi connectivity index (χ1) is 17.6. The number of phenolic OH excluding ortho intramolecular Hbond substituents is 2. The van der Waals surface area contributed by atoms with Crippen LogP contribution in [0.2, 0.25) is 37.3 Å². The Bertz CT molecular complexity index is 1050. The average molecular weight is 561 g/mol. The lowest BCUT2D eigenvalue weighted by Crippen LogP contribution is -2.59. The molecule has 1 unspecified atom stereocenters. The van der Waals surface area contributed by atoms with Crippen LogP contribution in [0.4, 0.5) is 0 Å². The third-order valence-electron chi connectivity index (χ3n) is 9.32. The molecule has 0 radical (unpaired) electrons. The first-order valence-corrected chi connectivity index (χ1v) is 20.1. The number of aromatic hydroxyl groups is 2. The maximum atomic E-state index is 9.90. The molecule has 0 fully saturated rings. The van der Waals surface area contributed by atoms with Crippen molar-refractivity contribution in [1.82, 2.24) is 0 Å². The van der Waals surface area contributed by atoms with E-state index in [0.717, 1.165) is 38.5 Å². The van der Waals surface area contributed by atoms with Crippen molar-refractivity contribution in [2.24, 2.45) is 0 Å². The van der Waals surface area contributed by atoms with Gasteiger partial charge in [0.1, 0.15) is 0 Å². The van der Waals surface area contributed by atoms with Crippen molar-refractivity contribution in [2.75, 3.05) is 14.2 Å². The first-order valence-electron chi connectivity index (χ1n) is 14.0. The summed E-state index contributed by atoms with van der Waals surface area (Å²) in [5, 5.41) is 19.8. The molecule has 0 amide bonds. The summed E-state index contributed by atoms with van der Waals surface area (Å²) in [7, 11) is -0.603. The molecular formula is C31H52O5Si2. The molecule has 2 aromatic rings. The summed E-state index contributed by atoms with van der Waals surface area (Å²) in [4.78, 5) is 0. The second kappa shape index (κ2) is 12.9. The topological polar surface area (TPSA) is 68.2 Å². The molecule has 5 nitrogen and oxygen atoms in total. The van der Waals surface area contributed by atoms with Gasteiger partial charge in [0.15, 0.2) is 31.3 Å². The van der Waals surface area contributed by atoms with Gasteiger partial charge in [0.05, 0.1) is 22.3 Å². The van der Waals surface area contributed by atoms with Crippen molar-refractivity contribution >= 4 is 16.4 Å². The molecule has 0 aromatic heterocycles. The summed E-state index contributed by atoms with van der Waals surface area (Å²) in [6.45, 7) is 19.2. The molecular weight excluding hydrogens is 509 g/mol. The smallest absolute Gasteiger partial charge is 0.192 e. The maximum absolute atomic E-state index is 9.90. The molecule has 0 aliphatic carbocycles. The Morgan fingerprint density at radius 1 is 0.763 bits per heavy atom. The van der Waals surface area contributed by atoms with Crippen LogP contribution in [0.1, 0.15) is 64.5 Å². The van der Waals surface area contributed by atoms with Crippen molar-refractivity contribution in [3.05, 3.63) is 47.5 Å². The fraction of sp³-hybridized carbons (Fsp3) is 0.613. The lowest BCUT2D eigenvalue weighted by molar-refractivity contribution is 0.156. The van der Waals surface area contributed by atoms with Gasteiger partial charge in [0.25, 0.3) is 0 Å². The molecule has 0 bridgehead atoms. The van der Waals surface area contributed by atoms with Gasteiger partial charge in [-0.3, -0.25) is 0 Å². The summed E-state index contributed by atoms with van der Waals surface area (Å²) >= 11 is 0. The number of rotatable bonds is 15. The predicted octanol–water partition coefficient (Wildman–Crippen LogP) is 8.49. The van der Waals surface area contributed by atoms with Crippen LogP contribution in [0, 0.1) is 0 Å². The maximum Gasteiger partial charge on any atom is 0.192 e. The Morgan fingerprint density at radius 3 is 1.68 bits per heavy atom. The lowest BCUT2D eigenvalue weighted by Gasteiger charge is -2.51. The highest BCUT2D eigenvalue weighted by atomic mass is 28.4. The third kappa shape index (κ3) is 7.79. The van der Waals surface area contributed by atoms with Gasteiger partial charge >= 0.3 is 0 Å². The largest absolute Gasteiger partial charge is 0.504 e. The molecule has 0 aliphatic heterocycles. The molecule has 0 heterocycles. The van der Waals surface area contributed by atoms with Crippen molar-refractivity contribution in [3.8, 4) is 23.0 Å². The number of benzene rings is 2. The SMILES string of the molecule is CCC(C)(CCCc1ccc(O)c(OC)c1)[Si](C)(C)OC(C)(C)[Si](C)(C)CCCc1ccc(O)c(OC)c1. The van der Waals surface area contributed by atoms with E-state index < -0.39 is 16.4 Å². The van der Waals surface area contributed by atoms with Crippen LogP contribution in [-0.4, -0.2) is 46.0 Å². The molecule has 0 spiro atoms. The average Bonchev–Trinajstić information content (AvgIpc) is 2.84. The summed E-state index contributed by atoms with van der Waals surface area (Å²) in [6, 6.07) is 12.5. The van der Waals surface area contributed by atoms with Crippen LogP contribution < -0.4 is 9.47 Å². The normalized spacial score (nSPS) is 14.3. The van der Waals surface area contributed by atoms with Gasteiger partial charge < -0.3 is 24.1 Å². The van der Waals surface area contributed by atoms with Crippen molar-refractivity contribution in [1.29, 1.82) is 0 Å². The van der Waals surface area contributed by atoms with E-state index in [1.54, 1.807) is 26.4 Å². The fourth-order valence-electron chi connectivity index (χ4n) is 5.28. The van der Waals surface area contributed by atoms with Crippen LogP contribution in [0.5, 0.6) is 23.0 Å². The van der Waals surface area contributed by atoms with E-state index in [4.69, 9.17) is 13.9 Å². The van der Waals surface area contributed by atoms with Gasteiger partial charge in [0, 0.05) is 5.22 Å². The highest BCUT2D eigenvalue weighted by Gasteiger charge is 2.50. The minimum Gasteiger partial charge on any atom is -0.504 e. The number of aryl methyl sites for hydroxylation is 2. The second-order valence-electron chi connectivity index (χ2n) is 12.6.